The van der Waals surface area contributed by atoms with Gasteiger partial charge in [-0.25, -0.2) is 0 Å². The van der Waals surface area contributed by atoms with Crippen molar-refractivity contribution in [2.45, 2.75) is 6.18 Å². The zero-order chi connectivity index (χ0) is 13.1. The lowest BCUT2D eigenvalue weighted by molar-refractivity contribution is -0.137. The van der Waals surface area contributed by atoms with Crippen molar-refractivity contribution >= 4 is 5.69 Å². The molecule has 0 aliphatic carbocycles. The summed E-state index contributed by atoms with van der Waals surface area (Å²) in [7, 11) is 1.69. The van der Waals surface area contributed by atoms with Crippen LogP contribution in [0, 0.1) is 11.3 Å². The molecule has 0 bridgehead atoms. The van der Waals surface area contributed by atoms with Gasteiger partial charge in [-0.3, -0.25) is 0 Å². The molecule has 0 aliphatic rings. The molecule has 0 amide bonds. The van der Waals surface area contributed by atoms with Gasteiger partial charge in [-0.15, -0.1) is 6.58 Å². The first-order valence-corrected chi connectivity index (χ1v) is 4.83. The van der Waals surface area contributed by atoms with Crippen molar-refractivity contribution in [3.05, 3.63) is 42.0 Å². The number of likely N-dealkylation sites (N-methyl/N-ethyl adjacent to an activating group) is 1. The van der Waals surface area contributed by atoms with Gasteiger partial charge in [0.25, 0.3) is 0 Å². The van der Waals surface area contributed by atoms with Crippen LogP contribution in [0.15, 0.2) is 30.9 Å². The highest BCUT2D eigenvalue weighted by molar-refractivity contribution is 5.60. The number of anilines is 1. The van der Waals surface area contributed by atoms with Crippen LogP contribution in [0.25, 0.3) is 0 Å². The quantitative estimate of drug-likeness (QED) is 0.758. The lowest BCUT2D eigenvalue weighted by Crippen LogP contribution is -2.18. The number of rotatable bonds is 3. The summed E-state index contributed by atoms with van der Waals surface area (Å²) in [6, 6.07) is 4.89. The maximum Gasteiger partial charge on any atom is 0.416 e. The molecule has 0 heterocycles. The molecular weight excluding hydrogens is 229 g/mol. The number of alkyl halides is 3. The van der Waals surface area contributed by atoms with Crippen LogP contribution in [0.3, 0.4) is 0 Å². The van der Waals surface area contributed by atoms with Crippen molar-refractivity contribution in [1.82, 2.24) is 0 Å². The Morgan fingerprint density at radius 1 is 1.47 bits per heavy atom. The van der Waals surface area contributed by atoms with Crippen molar-refractivity contribution in [2.75, 3.05) is 18.5 Å². The molecular formula is C12H11F3N2. The number of nitrogens with zero attached hydrogens (tertiary/aromatic N) is 2. The number of hydrogen-bond donors (Lipinski definition) is 0. The van der Waals surface area contributed by atoms with E-state index >= 15 is 0 Å². The van der Waals surface area contributed by atoms with Crippen LogP contribution in [0.1, 0.15) is 11.1 Å². The van der Waals surface area contributed by atoms with Gasteiger partial charge >= 0.3 is 6.18 Å². The molecule has 0 unspecified atom stereocenters. The van der Waals surface area contributed by atoms with E-state index in [2.05, 4.69) is 6.58 Å². The molecule has 1 rings (SSSR count). The maximum absolute atomic E-state index is 12.4. The standard InChI is InChI=1S/C12H11F3N2/c1-3-6-17(2)11-5-4-10(12(13,14)15)7-9(11)8-16/h3-5,7H,1,6H2,2H3. The van der Waals surface area contributed by atoms with Crippen LogP contribution in [-0.4, -0.2) is 13.6 Å². The maximum atomic E-state index is 12.4. The minimum Gasteiger partial charge on any atom is -0.370 e. The third-order valence-corrected chi connectivity index (χ3v) is 2.26. The van der Waals surface area contributed by atoms with Crippen molar-refractivity contribution < 1.29 is 13.2 Å². The Kier molecular flexibility index (Phi) is 3.79. The van der Waals surface area contributed by atoms with E-state index in [9.17, 15) is 13.2 Å². The fraction of sp³-hybridized carbons (Fsp3) is 0.250. The highest BCUT2D eigenvalue weighted by atomic mass is 19.4. The SMILES string of the molecule is C=CCN(C)c1ccc(C(F)(F)F)cc1C#N. The second kappa shape index (κ2) is 4.91. The topological polar surface area (TPSA) is 27.0 Å². The summed E-state index contributed by atoms with van der Waals surface area (Å²) in [4.78, 5) is 1.66. The van der Waals surface area contributed by atoms with Gasteiger partial charge in [-0.1, -0.05) is 6.08 Å². The van der Waals surface area contributed by atoms with Gasteiger partial charge in [-0.2, -0.15) is 18.4 Å². The molecule has 90 valence electrons. The number of halogens is 3. The fourth-order valence-corrected chi connectivity index (χ4v) is 1.43. The zero-order valence-electron chi connectivity index (χ0n) is 9.25. The van der Waals surface area contributed by atoms with Crippen LogP contribution in [0.5, 0.6) is 0 Å². The summed E-state index contributed by atoms with van der Waals surface area (Å²) < 4.78 is 37.3. The zero-order valence-corrected chi connectivity index (χ0v) is 9.25. The molecule has 0 atom stereocenters. The summed E-state index contributed by atoms with van der Waals surface area (Å²) in [6.45, 7) is 3.99. The first-order chi connectivity index (χ1) is 7.90. The molecule has 0 spiro atoms. The molecule has 1 aromatic rings. The predicted octanol–water partition coefficient (Wildman–Crippen LogP) is 3.20. The van der Waals surface area contributed by atoms with Gasteiger partial charge in [0.2, 0.25) is 0 Å². The highest BCUT2D eigenvalue weighted by Gasteiger charge is 2.31. The largest absolute Gasteiger partial charge is 0.416 e. The fourth-order valence-electron chi connectivity index (χ4n) is 1.43. The van der Waals surface area contributed by atoms with Crippen LogP contribution < -0.4 is 4.90 Å². The minimum atomic E-state index is -4.43. The van der Waals surface area contributed by atoms with Crippen LogP contribution in [0.2, 0.25) is 0 Å². The lowest BCUT2D eigenvalue weighted by Gasteiger charge is -2.19. The molecule has 5 heteroatoms. The summed E-state index contributed by atoms with van der Waals surface area (Å²) in [6.07, 6.45) is -2.82. The van der Waals surface area contributed by atoms with E-state index in [0.717, 1.165) is 12.1 Å². The Balaban J connectivity index is 3.20. The van der Waals surface area contributed by atoms with E-state index in [0.29, 0.717) is 12.2 Å². The Bertz CT molecular complexity index is 458. The van der Waals surface area contributed by atoms with Crippen molar-refractivity contribution in [2.24, 2.45) is 0 Å². The molecule has 17 heavy (non-hydrogen) atoms. The molecule has 0 saturated carbocycles. The second-order valence-corrected chi connectivity index (χ2v) is 3.51. The summed E-state index contributed by atoms with van der Waals surface area (Å²) >= 11 is 0. The summed E-state index contributed by atoms with van der Waals surface area (Å²) in [5, 5.41) is 8.86. The van der Waals surface area contributed by atoms with Crippen molar-refractivity contribution in [3.63, 3.8) is 0 Å². The van der Waals surface area contributed by atoms with Crippen LogP contribution in [0.4, 0.5) is 18.9 Å². The third kappa shape index (κ3) is 3.00. The van der Waals surface area contributed by atoms with Crippen LogP contribution in [-0.2, 0) is 6.18 Å². The third-order valence-electron chi connectivity index (χ3n) is 2.26. The molecule has 0 fully saturated rings. The van der Waals surface area contributed by atoms with Gasteiger partial charge < -0.3 is 4.90 Å². The van der Waals surface area contributed by atoms with Gasteiger partial charge in [0.1, 0.15) is 6.07 Å². The minimum absolute atomic E-state index is 0.00387. The van der Waals surface area contributed by atoms with Crippen molar-refractivity contribution in [1.29, 1.82) is 5.26 Å². The average Bonchev–Trinajstić information content (AvgIpc) is 2.27. The highest BCUT2D eigenvalue weighted by Crippen LogP contribution is 2.32. The number of hydrogen-bond acceptors (Lipinski definition) is 2. The normalized spacial score (nSPS) is 10.8. The lowest BCUT2D eigenvalue weighted by atomic mass is 10.1. The summed E-state index contributed by atoms with van der Waals surface area (Å²) in [5.74, 6) is 0. The smallest absolute Gasteiger partial charge is 0.370 e. The van der Waals surface area contributed by atoms with E-state index in [1.807, 2.05) is 0 Å². The van der Waals surface area contributed by atoms with E-state index in [4.69, 9.17) is 5.26 Å². The molecule has 2 nitrogen and oxygen atoms in total. The van der Waals surface area contributed by atoms with Gasteiger partial charge in [-0.05, 0) is 18.2 Å². The summed E-state index contributed by atoms with van der Waals surface area (Å²) in [5.41, 5.74) is -0.352. The molecule has 1 aromatic carbocycles. The first-order valence-electron chi connectivity index (χ1n) is 4.83. The number of nitriles is 1. The molecule has 0 saturated heterocycles. The van der Waals surface area contributed by atoms with Gasteiger partial charge in [0, 0.05) is 13.6 Å². The molecule has 0 aromatic heterocycles. The van der Waals surface area contributed by atoms with Gasteiger partial charge in [0.05, 0.1) is 16.8 Å². The van der Waals surface area contributed by atoms with E-state index in [1.165, 1.54) is 6.07 Å². The van der Waals surface area contributed by atoms with Crippen LogP contribution >= 0.6 is 0 Å². The molecule has 0 aliphatic heterocycles. The second-order valence-electron chi connectivity index (χ2n) is 3.51. The molecule has 0 radical (unpaired) electrons. The van der Waals surface area contributed by atoms with Gasteiger partial charge in [0.15, 0.2) is 0 Å². The first kappa shape index (κ1) is 13.1. The monoisotopic (exact) mass is 240 g/mol. The predicted molar refractivity (Wildman–Crippen MR) is 59.6 cm³/mol. The number of benzene rings is 1. The Hall–Kier alpha value is -1.96. The Morgan fingerprint density at radius 2 is 2.12 bits per heavy atom. The molecule has 0 N–H and O–H groups in total. The Labute approximate surface area is 97.6 Å². The van der Waals surface area contributed by atoms with E-state index in [-0.39, 0.29) is 5.56 Å². The average molecular weight is 240 g/mol. The van der Waals surface area contributed by atoms with Crippen molar-refractivity contribution in [3.8, 4) is 6.07 Å². The van der Waals surface area contributed by atoms with E-state index in [1.54, 1.807) is 24.1 Å². The Morgan fingerprint density at radius 3 is 2.59 bits per heavy atom. The van der Waals surface area contributed by atoms with E-state index < -0.39 is 11.7 Å².